The van der Waals surface area contributed by atoms with Gasteiger partial charge in [-0.05, 0) is 18.9 Å². The molecule has 1 atom stereocenters. The Kier molecular flexibility index (Phi) is 2.36. The molecule has 1 aliphatic rings. The first-order chi connectivity index (χ1) is 8.24. The Labute approximate surface area is 96.8 Å². The highest BCUT2D eigenvalue weighted by atomic mass is 16.5. The van der Waals surface area contributed by atoms with Crippen LogP contribution in [-0.4, -0.2) is 23.2 Å². The summed E-state index contributed by atoms with van der Waals surface area (Å²) < 4.78 is 10.3. The maximum Gasteiger partial charge on any atom is 0.418 e. The van der Waals surface area contributed by atoms with Gasteiger partial charge in [0.2, 0.25) is 5.71 Å². The van der Waals surface area contributed by atoms with Crippen molar-refractivity contribution in [1.82, 2.24) is 9.97 Å². The fraction of sp³-hybridized carbons (Fsp3) is 0.455. The normalized spacial score (nSPS) is 20.8. The number of pyridine rings is 1. The summed E-state index contributed by atoms with van der Waals surface area (Å²) in [6.45, 7) is 1.41. The molecule has 0 aromatic carbocycles. The van der Waals surface area contributed by atoms with E-state index in [1.165, 1.54) is 0 Å². The zero-order valence-corrected chi connectivity index (χ0v) is 9.23. The maximum absolute atomic E-state index is 11.1. The van der Waals surface area contributed by atoms with Crippen molar-refractivity contribution in [3.05, 3.63) is 22.3 Å². The average molecular weight is 235 g/mol. The number of fused-ring (bicyclic) bond motifs is 1. The minimum Gasteiger partial charge on any atom is -0.397 e. The first kappa shape index (κ1) is 10.3. The molecule has 0 spiro atoms. The predicted octanol–water partition coefficient (Wildman–Crippen LogP) is 0.992. The lowest BCUT2D eigenvalue weighted by molar-refractivity contribution is 0.0795. The van der Waals surface area contributed by atoms with Gasteiger partial charge < -0.3 is 14.9 Å². The SMILES string of the molecule is Nc1cc2[nH]c(=O)oc2nc1C1CCCOC1. The number of aromatic nitrogens is 2. The van der Waals surface area contributed by atoms with Gasteiger partial charge in [-0.25, -0.2) is 9.78 Å². The minimum atomic E-state index is -0.510. The summed E-state index contributed by atoms with van der Waals surface area (Å²) >= 11 is 0. The maximum atomic E-state index is 11.1. The van der Waals surface area contributed by atoms with Crippen LogP contribution in [0.3, 0.4) is 0 Å². The molecule has 0 radical (unpaired) electrons. The number of ether oxygens (including phenoxy) is 1. The number of oxazole rings is 1. The van der Waals surface area contributed by atoms with Crippen molar-refractivity contribution >= 4 is 16.9 Å². The average Bonchev–Trinajstić information content (AvgIpc) is 2.68. The molecule has 3 N–H and O–H groups in total. The molecular weight excluding hydrogens is 222 g/mol. The van der Waals surface area contributed by atoms with E-state index in [1.54, 1.807) is 6.07 Å². The molecule has 17 heavy (non-hydrogen) atoms. The molecule has 6 heteroatoms. The number of hydrogen-bond donors (Lipinski definition) is 2. The number of nitrogens with zero attached hydrogens (tertiary/aromatic N) is 1. The van der Waals surface area contributed by atoms with Crippen LogP contribution in [0.1, 0.15) is 24.5 Å². The molecule has 3 heterocycles. The third-order valence-electron chi connectivity index (χ3n) is 3.02. The predicted molar refractivity (Wildman–Crippen MR) is 61.8 cm³/mol. The van der Waals surface area contributed by atoms with E-state index in [1.807, 2.05) is 0 Å². The van der Waals surface area contributed by atoms with Crippen LogP contribution in [0, 0.1) is 0 Å². The first-order valence-corrected chi connectivity index (χ1v) is 5.61. The molecule has 0 saturated carbocycles. The lowest BCUT2D eigenvalue weighted by Gasteiger charge is -2.22. The van der Waals surface area contributed by atoms with Crippen molar-refractivity contribution < 1.29 is 9.15 Å². The van der Waals surface area contributed by atoms with Crippen LogP contribution in [0.4, 0.5) is 5.69 Å². The Balaban J connectivity index is 2.08. The third kappa shape index (κ3) is 1.80. The number of rotatable bonds is 1. The topological polar surface area (TPSA) is 94.1 Å². The Bertz CT molecular complexity index is 596. The second-order valence-electron chi connectivity index (χ2n) is 4.24. The van der Waals surface area contributed by atoms with Crippen LogP contribution in [-0.2, 0) is 4.74 Å². The molecule has 0 bridgehead atoms. The van der Waals surface area contributed by atoms with E-state index < -0.39 is 5.76 Å². The molecule has 1 unspecified atom stereocenters. The minimum absolute atomic E-state index is 0.188. The lowest BCUT2D eigenvalue weighted by Crippen LogP contribution is -2.17. The highest BCUT2D eigenvalue weighted by molar-refractivity contribution is 5.73. The Morgan fingerprint density at radius 2 is 2.41 bits per heavy atom. The number of H-pyrrole nitrogens is 1. The van der Waals surface area contributed by atoms with Crippen molar-refractivity contribution in [2.45, 2.75) is 18.8 Å². The van der Waals surface area contributed by atoms with Gasteiger partial charge in [0.1, 0.15) is 5.52 Å². The van der Waals surface area contributed by atoms with E-state index in [0.29, 0.717) is 23.5 Å². The van der Waals surface area contributed by atoms with Gasteiger partial charge in [0.15, 0.2) is 0 Å². The molecule has 2 aromatic rings. The Morgan fingerprint density at radius 1 is 1.53 bits per heavy atom. The van der Waals surface area contributed by atoms with Crippen molar-refractivity contribution in [3.8, 4) is 0 Å². The standard InChI is InChI=1S/C11H13N3O3/c12-7-4-8-10(17-11(15)13-8)14-9(7)6-2-1-3-16-5-6/h4,6H,1-3,5,12H2,(H,13,15). The highest BCUT2D eigenvalue weighted by Gasteiger charge is 2.21. The molecule has 1 aliphatic heterocycles. The van der Waals surface area contributed by atoms with E-state index in [2.05, 4.69) is 9.97 Å². The number of nitrogens with one attached hydrogen (secondary N) is 1. The van der Waals surface area contributed by atoms with Crippen LogP contribution in [0.5, 0.6) is 0 Å². The Morgan fingerprint density at radius 3 is 3.18 bits per heavy atom. The summed E-state index contributed by atoms with van der Waals surface area (Å²) in [6.07, 6.45) is 2.00. The monoisotopic (exact) mass is 235 g/mol. The molecule has 1 fully saturated rings. The molecule has 0 amide bonds. The van der Waals surface area contributed by atoms with E-state index in [9.17, 15) is 4.79 Å². The van der Waals surface area contributed by atoms with Crippen molar-refractivity contribution in [2.24, 2.45) is 0 Å². The van der Waals surface area contributed by atoms with E-state index in [0.717, 1.165) is 25.1 Å². The van der Waals surface area contributed by atoms with Crippen LogP contribution in [0.25, 0.3) is 11.2 Å². The van der Waals surface area contributed by atoms with Crippen molar-refractivity contribution in [1.29, 1.82) is 0 Å². The molecule has 3 rings (SSSR count). The van der Waals surface area contributed by atoms with Crippen molar-refractivity contribution in [2.75, 3.05) is 18.9 Å². The number of aromatic amines is 1. The zero-order valence-electron chi connectivity index (χ0n) is 9.23. The van der Waals surface area contributed by atoms with Crippen LogP contribution >= 0.6 is 0 Å². The second-order valence-corrected chi connectivity index (χ2v) is 4.24. The zero-order chi connectivity index (χ0) is 11.8. The van der Waals surface area contributed by atoms with E-state index in [4.69, 9.17) is 14.9 Å². The fourth-order valence-electron chi connectivity index (χ4n) is 2.20. The van der Waals surface area contributed by atoms with Gasteiger partial charge >= 0.3 is 5.76 Å². The van der Waals surface area contributed by atoms with Crippen molar-refractivity contribution in [3.63, 3.8) is 0 Å². The summed E-state index contributed by atoms with van der Waals surface area (Å²) in [6, 6.07) is 1.69. The molecule has 2 aromatic heterocycles. The summed E-state index contributed by atoms with van der Waals surface area (Å²) in [5, 5.41) is 0. The third-order valence-corrected chi connectivity index (χ3v) is 3.02. The summed E-state index contributed by atoms with van der Waals surface area (Å²) in [5.74, 6) is -0.322. The number of anilines is 1. The largest absolute Gasteiger partial charge is 0.418 e. The van der Waals surface area contributed by atoms with Gasteiger partial charge in [-0.1, -0.05) is 0 Å². The van der Waals surface area contributed by atoms with Crippen LogP contribution < -0.4 is 11.5 Å². The first-order valence-electron chi connectivity index (χ1n) is 5.61. The molecule has 90 valence electrons. The number of hydrogen-bond acceptors (Lipinski definition) is 5. The van der Waals surface area contributed by atoms with Gasteiger partial charge in [-0.2, -0.15) is 0 Å². The van der Waals surface area contributed by atoms with E-state index in [-0.39, 0.29) is 5.92 Å². The molecular formula is C11H13N3O3. The van der Waals surface area contributed by atoms with Crippen LogP contribution in [0.2, 0.25) is 0 Å². The quantitative estimate of drug-likeness (QED) is 0.768. The number of nitrogen functional groups attached to an aromatic ring is 1. The smallest absolute Gasteiger partial charge is 0.397 e. The van der Waals surface area contributed by atoms with Crippen LogP contribution in [0.15, 0.2) is 15.3 Å². The molecule has 0 aliphatic carbocycles. The summed E-state index contributed by atoms with van der Waals surface area (Å²) in [7, 11) is 0. The second kappa shape index (κ2) is 3.89. The van der Waals surface area contributed by atoms with Gasteiger partial charge in [-0.3, -0.25) is 4.98 Å². The van der Waals surface area contributed by atoms with Gasteiger partial charge in [-0.15, -0.1) is 0 Å². The molecule has 1 saturated heterocycles. The highest BCUT2D eigenvalue weighted by Crippen LogP contribution is 2.29. The van der Waals surface area contributed by atoms with E-state index >= 15 is 0 Å². The van der Waals surface area contributed by atoms with Gasteiger partial charge in [0.25, 0.3) is 0 Å². The lowest BCUT2D eigenvalue weighted by atomic mass is 9.97. The number of nitrogens with two attached hydrogens (primary N) is 1. The summed E-state index contributed by atoms with van der Waals surface area (Å²) in [5.41, 5.74) is 8.13. The van der Waals surface area contributed by atoms with Gasteiger partial charge in [0.05, 0.1) is 18.0 Å². The summed E-state index contributed by atoms with van der Waals surface area (Å²) in [4.78, 5) is 17.9. The fourth-order valence-corrected chi connectivity index (χ4v) is 2.20. The molecule has 6 nitrogen and oxygen atoms in total. The Hall–Kier alpha value is -1.82. The van der Waals surface area contributed by atoms with Gasteiger partial charge in [0, 0.05) is 12.5 Å².